The van der Waals surface area contributed by atoms with E-state index in [1.54, 1.807) is 28.8 Å². The van der Waals surface area contributed by atoms with Gasteiger partial charge >= 0.3 is 11.7 Å². The number of carbonyl (C=O) groups is 2. The van der Waals surface area contributed by atoms with Gasteiger partial charge in [0.1, 0.15) is 18.1 Å². The molecule has 36 heavy (non-hydrogen) atoms. The highest BCUT2D eigenvalue weighted by molar-refractivity contribution is 6.01. The summed E-state index contributed by atoms with van der Waals surface area (Å²) in [4.78, 5) is 40.8. The topological polar surface area (TPSA) is 163 Å². The van der Waals surface area contributed by atoms with Gasteiger partial charge in [0, 0.05) is 29.9 Å². The summed E-state index contributed by atoms with van der Waals surface area (Å²) < 4.78 is 11.5. The first-order valence-electron chi connectivity index (χ1n) is 11.5. The van der Waals surface area contributed by atoms with Crippen LogP contribution in [-0.4, -0.2) is 59.0 Å². The lowest BCUT2D eigenvalue weighted by molar-refractivity contribution is -0.385. The van der Waals surface area contributed by atoms with Gasteiger partial charge in [0.25, 0.3) is 5.91 Å². The number of benzene rings is 1. The number of nitrogens with one attached hydrogen (secondary N) is 2. The molecule has 2 aromatic heterocycles. The second kappa shape index (κ2) is 10.6. The van der Waals surface area contributed by atoms with Crippen molar-refractivity contribution >= 4 is 29.0 Å². The number of methoxy groups -OCH3 is 2. The summed E-state index contributed by atoms with van der Waals surface area (Å²) in [7, 11) is 2.62. The van der Waals surface area contributed by atoms with Crippen LogP contribution in [0.2, 0.25) is 0 Å². The van der Waals surface area contributed by atoms with Gasteiger partial charge in [-0.2, -0.15) is 0 Å². The Labute approximate surface area is 206 Å². The maximum atomic E-state index is 13.2. The van der Waals surface area contributed by atoms with Crippen molar-refractivity contribution in [2.75, 3.05) is 26.1 Å². The third-order valence-electron chi connectivity index (χ3n) is 6.28. The molecule has 12 nitrogen and oxygen atoms in total. The van der Waals surface area contributed by atoms with Crippen LogP contribution in [0.15, 0.2) is 36.5 Å². The molecule has 1 amide bonds. The van der Waals surface area contributed by atoms with Crippen LogP contribution in [0.4, 0.5) is 11.5 Å². The van der Waals surface area contributed by atoms with Crippen molar-refractivity contribution < 1.29 is 24.0 Å². The SMILES string of the molecule is COC(=O)CNc1c(-c2ccc(OC)c([N+](=O)[O-])c2)nc2c(C(=O)NC3CCC(N)CC3)cccn12. The number of ether oxygens (including phenoxy) is 2. The standard InChI is InChI=1S/C24H28N6O6/c1-35-19-10-5-14(12-18(19)30(33)34)21-23(26-13-20(31)36-2)29-11-3-4-17(22(29)28-21)24(32)27-16-8-6-15(25)7-9-16/h3-5,10-12,15-16,26H,6-9,13,25H2,1-2H3,(H,27,32). The number of aromatic nitrogens is 2. The zero-order valence-electron chi connectivity index (χ0n) is 20.0. The number of carbonyl (C=O) groups excluding carboxylic acids is 2. The van der Waals surface area contributed by atoms with Gasteiger partial charge in [0.05, 0.1) is 24.7 Å². The summed E-state index contributed by atoms with van der Waals surface area (Å²) in [5.41, 5.74) is 7.15. The van der Waals surface area contributed by atoms with E-state index in [-0.39, 0.29) is 36.0 Å². The highest BCUT2D eigenvalue weighted by atomic mass is 16.6. The molecule has 0 aliphatic heterocycles. The normalized spacial score (nSPS) is 17.4. The third kappa shape index (κ3) is 5.08. The van der Waals surface area contributed by atoms with Crippen molar-refractivity contribution in [2.24, 2.45) is 5.73 Å². The largest absolute Gasteiger partial charge is 0.490 e. The van der Waals surface area contributed by atoms with Crippen LogP contribution in [0.25, 0.3) is 16.9 Å². The van der Waals surface area contributed by atoms with E-state index >= 15 is 0 Å². The summed E-state index contributed by atoms with van der Waals surface area (Å²) in [6.07, 6.45) is 5.00. The van der Waals surface area contributed by atoms with Crippen LogP contribution in [0.5, 0.6) is 5.75 Å². The third-order valence-corrected chi connectivity index (χ3v) is 6.28. The number of nitro groups is 1. The average Bonchev–Trinajstić information content (AvgIpc) is 3.26. The van der Waals surface area contributed by atoms with E-state index in [9.17, 15) is 19.7 Å². The summed E-state index contributed by atoms with van der Waals surface area (Å²) in [5.74, 6) is -0.309. The molecule has 1 aliphatic carbocycles. The van der Waals surface area contributed by atoms with Crippen LogP contribution in [0.1, 0.15) is 36.0 Å². The lowest BCUT2D eigenvalue weighted by Gasteiger charge is -2.26. The quantitative estimate of drug-likeness (QED) is 0.241. The van der Waals surface area contributed by atoms with Gasteiger partial charge < -0.3 is 25.8 Å². The molecule has 0 radical (unpaired) electrons. The number of nitrogens with zero attached hydrogens (tertiary/aromatic N) is 3. The Bertz CT molecular complexity index is 1300. The predicted octanol–water partition coefficient (Wildman–Crippen LogP) is 2.50. The summed E-state index contributed by atoms with van der Waals surface area (Å²) in [5, 5.41) is 17.7. The fourth-order valence-corrected chi connectivity index (χ4v) is 4.35. The molecule has 3 aromatic rings. The van der Waals surface area contributed by atoms with Gasteiger partial charge in [-0.1, -0.05) is 0 Å². The molecule has 12 heteroatoms. The molecular weight excluding hydrogens is 468 g/mol. The first kappa shape index (κ1) is 24.9. The van der Waals surface area contributed by atoms with Crippen LogP contribution in [0.3, 0.4) is 0 Å². The molecule has 1 fully saturated rings. The molecule has 2 heterocycles. The van der Waals surface area contributed by atoms with Gasteiger partial charge in [-0.05, 0) is 49.9 Å². The Morgan fingerprint density at radius 2 is 1.97 bits per heavy atom. The van der Waals surface area contributed by atoms with Gasteiger partial charge in [-0.3, -0.25) is 24.1 Å². The van der Waals surface area contributed by atoms with Crippen LogP contribution in [0, 0.1) is 10.1 Å². The van der Waals surface area contributed by atoms with E-state index in [2.05, 4.69) is 15.6 Å². The first-order chi connectivity index (χ1) is 17.3. The smallest absolute Gasteiger partial charge is 0.325 e. The van der Waals surface area contributed by atoms with Crippen molar-refractivity contribution in [1.29, 1.82) is 0 Å². The Balaban J connectivity index is 1.78. The van der Waals surface area contributed by atoms with Crippen LogP contribution in [-0.2, 0) is 9.53 Å². The van der Waals surface area contributed by atoms with Crippen molar-refractivity contribution in [2.45, 2.75) is 37.8 Å². The maximum absolute atomic E-state index is 13.2. The van der Waals surface area contributed by atoms with E-state index in [1.165, 1.54) is 26.4 Å². The minimum absolute atomic E-state index is 0.0214. The van der Waals surface area contributed by atoms with Crippen LogP contribution < -0.4 is 21.1 Å². The monoisotopic (exact) mass is 496 g/mol. The molecule has 1 aliphatic rings. The van der Waals surface area contributed by atoms with Crippen molar-refractivity contribution in [3.63, 3.8) is 0 Å². The molecule has 1 saturated carbocycles. The molecule has 4 rings (SSSR count). The molecule has 1 aromatic carbocycles. The number of imidazole rings is 1. The van der Waals surface area contributed by atoms with E-state index in [1.807, 2.05) is 0 Å². The number of esters is 1. The van der Waals surface area contributed by atoms with Gasteiger partial charge in [0.2, 0.25) is 0 Å². The van der Waals surface area contributed by atoms with E-state index in [4.69, 9.17) is 15.2 Å². The molecule has 0 spiro atoms. The predicted molar refractivity (Wildman–Crippen MR) is 132 cm³/mol. The van der Waals surface area contributed by atoms with Gasteiger partial charge in [0.15, 0.2) is 11.4 Å². The Hall–Kier alpha value is -4.19. The molecule has 0 atom stereocenters. The lowest BCUT2D eigenvalue weighted by Crippen LogP contribution is -2.40. The molecular formula is C24H28N6O6. The van der Waals surface area contributed by atoms with Crippen molar-refractivity contribution in [3.05, 3.63) is 52.2 Å². The summed E-state index contributed by atoms with van der Waals surface area (Å²) in [6.45, 7) is -0.172. The fraction of sp³-hybridized carbons (Fsp3) is 0.375. The highest BCUT2D eigenvalue weighted by Gasteiger charge is 2.25. The van der Waals surface area contributed by atoms with Crippen molar-refractivity contribution in [3.8, 4) is 17.0 Å². The van der Waals surface area contributed by atoms with E-state index in [0.29, 0.717) is 28.3 Å². The van der Waals surface area contributed by atoms with E-state index < -0.39 is 10.9 Å². The summed E-state index contributed by atoms with van der Waals surface area (Å²) in [6, 6.07) is 7.99. The number of anilines is 1. The average molecular weight is 497 g/mol. The van der Waals surface area contributed by atoms with E-state index in [0.717, 1.165) is 25.7 Å². The number of rotatable bonds is 8. The number of hydrogen-bond donors (Lipinski definition) is 3. The Kier molecular flexibility index (Phi) is 7.34. The number of pyridine rings is 1. The number of nitrogens with two attached hydrogens (primary N) is 1. The number of fused-ring (bicyclic) bond motifs is 1. The second-order valence-corrected chi connectivity index (χ2v) is 8.58. The zero-order chi connectivity index (χ0) is 25.8. The maximum Gasteiger partial charge on any atom is 0.325 e. The first-order valence-corrected chi connectivity index (χ1v) is 11.5. The summed E-state index contributed by atoms with van der Waals surface area (Å²) >= 11 is 0. The Morgan fingerprint density at radius 3 is 2.64 bits per heavy atom. The number of amides is 1. The lowest BCUT2D eigenvalue weighted by atomic mass is 9.91. The number of hydrogen-bond acceptors (Lipinski definition) is 9. The fourth-order valence-electron chi connectivity index (χ4n) is 4.35. The molecule has 4 N–H and O–H groups in total. The van der Waals surface area contributed by atoms with Gasteiger partial charge in [-0.15, -0.1) is 0 Å². The molecule has 0 saturated heterocycles. The minimum atomic E-state index is -0.547. The Morgan fingerprint density at radius 1 is 1.22 bits per heavy atom. The molecule has 0 unspecified atom stereocenters. The van der Waals surface area contributed by atoms with Gasteiger partial charge in [-0.25, -0.2) is 4.98 Å². The van der Waals surface area contributed by atoms with Crippen molar-refractivity contribution in [1.82, 2.24) is 14.7 Å². The minimum Gasteiger partial charge on any atom is -0.490 e. The van der Waals surface area contributed by atoms with Crippen LogP contribution >= 0.6 is 0 Å². The number of nitro benzene ring substituents is 1. The second-order valence-electron chi connectivity index (χ2n) is 8.58. The molecule has 0 bridgehead atoms. The molecule has 190 valence electrons. The zero-order valence-corrected chi connectivity index (χ0v) is 20.0. The highest BCUT2D eigenvalue weighted by Crippen LogP contribution is 2.36.